The molecular formula is C29H23F2N7O4S. The second-order valence-electron chi connectivity index (χ2n) is 9.88. The summed E-state index contributed by atoms with van der Waals surface area (Å²) in [5.41, 5.74) is 0.832. The summed E-state index contributed by atoms with van der Waals surface area (Å²) in [7, 11) is -4.30. The van der Waals surface area contributed by atoms with Crippen LogP contribution in [0.4, 0.5) is 26.0 Å². The van der Waals surface area contributed by atoms with Crippen molar-refractivity contribution in [2.45, 2.75) is 30.4 Å². The Morgan fingerprint density at radius 2 is 1.88 bits per heavy atom. The van der Waals surface area contributed by atoms with Crippen molar-refractivity contribution in [3.63, 3.8) is 0 Å². The van der Waals surface area contributed by atoms with Gasteiger partial charge in [-0.15, -0.1) is 0 Å². The van der Waals surface area contributed by atoms with Gasteiger partial charge in [0, 0.05) is 23.8 Å². The first kappa shape index (κ1) is 26.9. The van der Waals surface area contributed by atoms with Gasteiger partial charge in [0.1, 0.15) is 46.0 Å². The average molecular weight is 604 g/mol. The van der Waals surface area contributed by atoms with Gasteiger partial charge in [-0.1, -0.05) is 12.1 Å². The van der Waals surface area contributed by atoms with E-state index in [1.54, 1.807) is 36.7 Å². The maximum atomic E-state index is 15.8. The van der Waals surface area contributed by atoms with Crippen LogP contribution in [0.3, 0.4) is 0 Å². The third-order valence-electron chi connectivity index (χ3n) is 7.20. The second-order valence-corrected chi connectivity index (χ2v) is 11.5. The van der Waals surface area contributed by atoms with Crippen LogP contribution in [0.25, 0.3) is 33.4 Å². The number of imidazole rings is 1. The zero-order valence-electron chi connectivity index (χ0n) is 22.4. The van der Waals surface area contributed by atoms with Crippen molar-refractivity contribution >= 4 is 49.3 Å². The van der Waals surface area contributed by atoms with E-state index in [9.17, 15) is 8.42 Å². The van der Waals surface area contributed by atoms with Crippen LogP contribution in [0.15, 0.2) is 83.0 Å². The molecule has 0 aliphatic carbocycles. The molecule has 1 unspecified atom stereocenters. The lowest BCUT2D eigenvalue weighted by Crippen LogP contribution is -2.17. The normalized spacial score (nSPS) is 15.6. The predicted molar refractivity (Wildman–Crippen MR) is 154 cm³/mol. The molecule has 1 atom stereocenters. The average Bonchev–Trinajstić information content (AvgIpc) is 3.69. The van der Waals surface area contributed by atoms with Crippen molar-refractivity contribution in [1.29, 1.82) is 0 Å². The van der Waals surface area contributed by atoms with E-state index in [4.69, 9.17) is 9.15 Å². The van der Waals surface area contributed by atoms with Crippen molar-refractivity contribution in [1.82, 2.24) is 24.5 Å². The van der Waals surface area contributed by atoms with E-state index in [2.05, 4.69) is 30.0 Å². The van der Waals surface area contributed by atoms with Crippen LogP contribution in [0, 0.1) is 11.6 Å². The summed E-state index contributed by atoms with van der Waals surface area (Å²) in [5, 5.41) is 3.26. The number of halogens is 2. The highest BCUT2D eigenvalue weighted by atomic mass is 32.2. The minimum absolute atomic E-state index is 0.0733. The molecule has 1 aliphatic rings. The lowest BCUT2D eigenvalue weighted by Gasteiger charge is -2.23. The van der Waals surface area contributed by atoms with Crippen molar-refractivity contribution in [2.75, 3.05) is 16.6 Å². The molecular weight excluding hydrogens is 580 g/mol. The number of nitrogens with zero attached hydrogens (tertiary/aromatic N) is 5. The molecule has 5 heterocycles. The van der Waals surface area contributed by atoms with E-state index in [0.717, 1.165) is 31.4 Å². The molecule has 0 saturated carbocycles. The standard InChI is InChI=1S/C29H23F2N7O4S/c30-19-9-10-20(37-43(39,40)21-7-3-5-17-11-14-42-27(17)21)23(31)25(19)36-28-18(6-4-12-32-28)24-26-29(34-15-33-24)38(16-35-26)22-8-1-2-13-41-22/h3-7,9-12,14-16,22,37H,1-2,8,13H2,(H,32,36). The van der Waals surface area contributed by atoms with Gasteiger partial charge in [0.05, 0.1) is 18.3 Å². The molecule has 1 aliphatic heterocycles. The Morgan fingerprint density at radius 1 is 0.977 bits per heavy atom. The molecule has 2 N–H and O–H groups in total. The number of hydrogen-bond donors (Lipinski definition) is 2. The minimum Gasteiger partial charge on any atom is -0.463 e. The molecule has 0 radical (unpaired) electrons. The van der Waals surface area contributed by atoms with Gasteiger partial charge in [-0.05, 0) is 55.7 Å². The summed E-state index contributed by atoms with van der Waals surface area (Å²) < 4.78 is 72.5. The lowest BCUT2D eigenvalue weighted by atomic mass is 10.1. The lowest BCUT2D eigenvalue weighted by molar-refractivity contribution is -0.0298. The number of hydrogen-bond acceptors (Lipinski definition) is 9. The largest absolute Gasteiger partial charge is 0.463 e. The number of sulfonamides is 1. The maximum absolute atomic E-state index is 15.8. The van der Waals surface area contributed by atoms with Crippen molar-refractivity contribution in [2.24, 2.45) is 0 Å². The first-order valence-corrected chi connectivity index (χ1v) is 14.9. The van der Waals surface area contributed by atoms with Crippen LogP contribution in [0.2, 0.25) is 0 Å². The van der Waals surface area contributed by atoms with Gasteiger partial charge in [0.15, 0.2) is 17.0 Å². The van der Waals surface area contributed by atoms with Gasteiger partial charge in [-0.25, -0.2) is 37.1 Å². The number of nitrogens with one attached hydrogen (secondary N) is 2. The second kappa shape index (κ2) is 10.7. The molecule has 1 fully saturated rings. The number of anilines is 3. The van der Waals surface area contributed by atoms with Gasteiger partial charge in [0.25, 0.3) is 10.0 Å². The summed E-state index contributed by atoms with van der Waals surface area (Å²) in [6, 6.07) is 11.5. The molecule has 0 spiro atoms. The number of aromatic nitrogens is 5. The zero-order valence-corrected chi connectivity index (χ0v) is 23.2. The highest BCUT2D eigenvalue weighted by molar-refractivity contribution is 7.93. The van der Waals surface area contributed by atoms with Crippen molar-refractivity contribution < 1.29 is 26.4 Å². The zero-order chi connectivity index (χ0) is 29.6. The Morgan fingerprint density at radius 3 is 2.74 bits per heavy atom. The summed E-state index contributed by atoms with van der Waals surface area (Å²) in [4.78, 5) is 17.5. The summed E-state index contributed by atoms with van der Waals surface area (Å²) in [5.74, 6) is -2.06. The number of para-hydroxylation sites is 1. The monoisotopic (exact) mass is 603 g/mol. The van der Waals surface area contributed by atoms with Gasteiger partial charge in [0.2, 0.25) is 0 Å². The summed E-state index contributed by atoms with van der Waals surface area (Å²) >= 11 is 0. The summed E-state index contributed by atoms with van der Waals surface area (Å²) in [6.07, 6.45) is 8.45. The fraction of sp³-hybridized carbons (Fsp3) is 0.172. The molecule has 2 aromatic carbocycles. The molecule has 14 heteroatoms. The third kappa shape index (κ3) is 4.83. The Hall–Kier alpha value is -4.95. The predicted octanol–water partition coefficient (Wildman–Crippen LogP) is 6.16. The minimum atomic E-state index is -4.30. The van der Waals surface area contributed by atoms with Gasteiger partial charge in [-0.3, -0.25) is 9.29 Å². The topological polar surface area (TPSA) is 137 Å². The fourth-order valence-electron chi connectivity index (χ4n) is 5.14. The number of benzene rings is 2. The van der Waals surface area contributed by atoms with E-state index < -0.39 is 33.0 Å². The molecule has 0 amide bonds. The quantitative estimate of drug-likeness (QED) is 0.220. The highest BCUT2D eigenvalue weighted by Crippen LogP contribution is 2.36. The van der Waals surface area contributed by atoms with Gasteiger partial charge < -0.3 is 14.5 Å². The van der Waals surface area contributed by atoms with Gasteiger partial charge >= 0.3 is 0 Å². The maximum Gasteiger partial charge on any atom is 0.265 e. The van der Waals surface area contributed by atoms with E-state index in [1.165, 1.54) is 24.9 Å². The van der Waals surface area contributed by atoms with E-state index in [1.807, 2.05) is 4.57 Å². The van der Waals surface area contributed by atoms with Crippen LogP contribution in [-0.4, -0.2) is 39.5 Å². The number of rotatable bonds is 7. The fourth-order valence-corrected chi connectivity index (χ4v) is 6.36. The van der Waals surface area contributed by atoms with Crippen LogP contribution in [0.1, 0.15) is 25.5 Å². The van der Waals surface area contributed by atoms with E-state index >= 15 is 8.78 Å². The molecule has 11 nitrogen and oxygen atoms in total. The number of ether oxygens (including phenoxy) is 1. The van der Waals surface area contributed by atoms with Gasteiger partial charge in [-0.2, -0.15) is 0 Å². The molecule has 0 bridgehead atoms. The third-order valence-corrected chi connectivity index (χ3v) is 8.59. The molecule has 1 saturated heterocycles. The highest BCUT2D eigenvalue weighted by Gasteiger charge is 2.25. The Kier molecular flexibility index (Phi) is 6.70. The summed E-state index contributed by atoms with van der Waals surface area (Å²) in [6.45, 7) is 0.643. The molecule has 4 aromatic heterocycles. The molecule has 7 rings (SSSR count). The number of fused-ring (bicyclic) bond motifs is 2. The first-order chi connectivity index (χ1) is 20.9. The Labute approximate surface area is 243 Å². The molecule has 43 heavy (non-hydrogen) atoms. The Balaban J connectivity index is 1.24. The smallest absolute Gasteiger partial charge is 0.265 e. The van der Waals surface area contributed by atoms with Crippen LogP contribution < -0.4 is 10.0 Å². The first-order valence-electron chi connectivity index (χ1n) is 13.4. The number of furan rings is 1. The van der Waals surface area contributed by atoms with Crippen molar-refractivity contribution in [3.8, 4) is 11.3 Å². The van der Waals surface area contributed by atoms with E-state index in [0.29, 0.717) is 34.4 Å². The van der Waals surface area contributed by atoms with Crippen LogP contribution in [-0.2, 0) is 14.8 Å². The SMILES string of the molecule is O=S(=O)(Nc1ccc(F)c(Nc2ncccc2-c2ncnc3c2ncn3C2CCCCO2)c1F)c1cccc2ccoc12. The van der Waals surface area contributed by atoms with Crippen LogP contribution in [0.5, 0.6) is 0 Å². The van der Waals surface area contributed by atoms with Crippen LogP contribution >= 0.6 is 0 Å². The molecule has 6 aromatic rings. The number of pyridine rings is 1. The molecule has 218 valence electrons. The Bertz CT molecular complexity index is 2090. The van der Waals surface area contributed by atoms with Crippen molar-refractivity contribution in [3.05, 3.63) is 85.3 Å². The van der Waals surface area contributed by atoms with E-state index in [-0.39, 0.29) is 22.5 Å².